The van der Waals surface area contributed by atoms with Gasteiger partial charge in [0.2, 0.25) is 0 Å². The summed E-state index contributed by atoms with van der Waals surface area (Å²) in [6.45, 7) is 4.00. The number of aromatic nitrogens is 3. The Morgan fingerprint density at radius 2 is 1.90 bits per heavy atom. The summed E-state index contributed by atoms with van der Waals surface area (Å²) in [6, 6.07) is 17.0. The first-order chi connectivity index (χ1) is 15.0. The van der Waals surface area contributed by atoms with Crippen LogP contribution in [0.15, 0.2) is 59.4 Å². The molecule has 0 aliphatic carbocycles. The number of hydrogen-bond donors (Lipinski definition) is 0. The predicted octanol–water partition coefficient (Wildman–Crippen LogP) is 3.65. The molecule has 0 fully saturated rings. The minimum atomic E-state index is -0.374. The van der Waals surface area contributed by atoms with Gasteiger partial charge in [0.05, 0.1) is 28.2 Å². The van der Waals surface area contributed by atoms with Crippen LogP contribution < -0.4 is 10.1 Å². The Morgan fingerprint density at radius 1 is 1.10 bits per heavy atom. The van der Waals surface area contributed by atoms with Crippen molar-refractivity contribution in [3.05, 3.63) is 92.0 Å². The molecule has 0 aliphatic rings. The van der Waals surface area contributed by atoms with Crippen LogP contribution in [0.3, 0.4) is 0 Å². The fraction of sp³-hybridized carbons (Fsp3) is 0.125. The van der Waals surface area contributed by atoms with Crippen LogP contribution in [0.4, 0.5) is 0 Å². The summed E-state index contributed by atoms with van der Waals surface area (Å²) in [5.41, 5.74) is 5.88. The smallest absolute Gasteiger partial charge is 0.337 e. The molecule has 2 aromatic carbocycles. The van der Waals surface area contributed by atoms with E-state index in [4.69, 9.17) is 4.74 Å². The number of nitrogens with zero attached hydrogens (tertiary/aromatic N) is 3. The molecule has 0 aliphatic heterocycles. The maximum Gasteiger partial charge on any atom is 0.337 e. The Bertz CT molecular complexity index is 1590. The lowest BCUT2D eigenvalue weighted by Gasteiger charge is -2.11. The summed E-state index contributed by atoms with van der Waals surface area (Å²) in [5.74, 6) is -0.374. The Balaban J connectivity index is 1.65. The van der Waals surface area contributed by atoms with Crippen molar-refractivity contribution in [2.75, 3.05) is 7.11 Å². The summed E-state index contributed by atoms with van der Waals surface area (Å²) in [4.78, 5) is 30.3. The maximum atomic E-state index is 13.1. The molecule has 0 atom stereocenters. The number of esters is 1. The molecule has 0 N–H and O–H groups in total. The van der Waals surface area contributed by atoms with Crippen LogP contribution in [0.25, 0.3) is 27.8 Å². The molecule has 5 rings (SSSR count). The number of methoxy groups -OCH3 is 1. The second-order valence-electron chi connectivity index (χ2n) is 7.34. The highest BCUT2D eigenvalue weighted by molar-refractivity contribution is 7.15. The first kappa shape index (κ1) is 19.3. The molecule has 154 valence electrons. The average molecular weight is 430 g/mol. The lowest BCUT2D eigenvalue weighted by atomic mass is 10.2. The summed E-state index contributed by atoms with van der Waals surface area (Å²) < 4.78 is 9.21. The topological polar surface area (TPSA) is 65.6 Å². The van der Waals surface area contributed by atoms with E-state index >= 15 is 0 Å². The van der Waals surface area contributed by atoms with Crippen molar-refractivity contribution < 1.29 is 9.53 Å². The normalized spacial score (nSPS) is 12.2. The molecule has 31 heavy (non-hydrogen) atoms. The zero-order chi connectivity index (χ0) is 21.7. The van der Waals surface area contributed by atoms with Gasteiger partial charge in [0.1, 0.15) is 0 Å². The van der Waals surface area contributed by atoms with Crippen molar-refractivity contribution in [2.24, 2.45) is 0 Å². The highest BCUT2D eigenvalue weighted by atomic mass is 32.1. The minimum absolute atomic E-state index is 0.0637. The van der Waals surface area contributed by atoms with Gasteiger partial charge in [-0.2, -0.15) is 0 Å². The third-order valence-corrected chi connectivity index (χ3v) is 6.40. The number of benzene rings is 2. The predicted molar refractivity (Wildman–Crippen MR) is 122 cm³/mol. The molecule has 5 aromatic rings. The van der Waals surface area contributed by atoms with Gasteiger partial charge in [0, 0.05) is 17.1 Å². The molecule has 0 unspecified atom stereocenters. The van der Waals surface area contributed by atoms with Gasteiger partial charge in [0.15, 0.2) is 4.96 Å². The van der Waals surface area contributed by atoms with Gasteiger partial charge in [-0.05, 0) is 61.9 Å². The van der Waals surface area contributed by atoms with Gasteiger partial charge >= 0.3 is 5.97 Å². The number of ether oxygens (including phenoxy) is 1. The lowest BCUT2D eigenvalue weighted by Crippen LogP contribution is -2.22. The standard InChI is InChI=1S/C24H19N3O3S/c1-14-11-17(15(2)26(14)18-8-6-7-16(12-18)23(29)30-3)13-21-22(28)27-20-10-5-4-9-19(20)25-24(27)31-21/h4-13H,1-3H3. The maximum absolute atomic E-state index is 13.1. The van der Waals surface area contributed by atoms with Gasteiger partial charge in [0.25, 0.3) is 5.56 Å². The van der Waals surface area contributed by atoms with Gasteiger partial charge in [-0.25, -0.2) is 14.2 Å². The van der Waals surface area contributed by atoms with E-state index in [9.17, 15) is 9.59 Å². The fourth-order valence-corrected chi connectivity index (χ4v) is 4.95. The SMILES string of the molecule is COC(=O)c1cccc(-n2c(C)cc(C=c3sc4nc5ccccc5n4c3=O)c2C)c1. The van der Waals surface area contributed by atoms with Crippen LogP contribution in [-0.4, -0.2) is 27.0 Å². The van der Waals surface area contributed by atoms with Crippen molar-refractivity contribution in [2.45, 2.75) is 13.8 Å². The van der Waals surface area contributed by atoms with Gasteiger partial charge in [-0.1, -0.05) is 29.5 Å². The second kappa shape index (κ2) is 7.21. The minimum Gasteiger partial charge on any atom is -0.465 e. The van der Waals surface area contributed by atoms with Crippen LogP contribution in [0.5, 0.6) is 0 Å². The van der Waals surface area contributed by atoms with Gasteiger partial charge in [-0.15, -0.1) is 0 Å². The Labute approximate surface area is 181 Å². The van der Waals surface area contributed by atoms with E-state index in [-0.39, 0.29) is 11.5 Å². The van der Waals surface area contributed by atoms with E-state index in [1.54, 1.807) is 16.5 Å². The van der Waals surface area contributed by atoms with Crippen molar-refractivity contribution in [1.29, 1.82) is 0 Å². The fourth-order valence-electron chi connectivity index (χ4n) is 3.97. The summed E-state index contributed by atoms with van der Waals surface area (Å²) in [5, 5.41) is 0. The quantitative estimate of drug-likeness (QED) is 0.411. The van der Waals surface area contributed by atoms with E-state index in [0.717, 1.165) is 33.7 Å². The Hall–Kier alpha value is -3.71. The first-order valence-corrected chi connectivity index (χ1v) is 10.6. The van der Waals surface area contributed by atoms with Crippen molar-refractivity contribution >= 4 is 39.4 Å². The molecule has 0 saturated carbocycles. The molecule has 3 heterocycles. The third kappa shape index (κ3) is 3.05. The highest BCUT2D eigenvalue weighted by Crippen LogP contribution is 2.23. The largest absolute Gasteiger partial charge is 0.465 e. The highest BCUT2D eigenvalue weighted by Gasteiger charge is 2.14. The molecular weight excluding hydrogens is 410 g/mol. The summed E-state index contributed by atoms with van der Waals surface area (Å²) >= 11 is 1.39. The van der Waals surface area contributed by atoms with E-state index in [0.29, 0.717) is 15.1 Å². The number of fused-ring (bicyclic) bond motifs is 3. The summed E-state index contributed by atoms with van der Waals surface area (Å²) in [7, 11) is 1.37. The molecule has 6 nitrogen and oxygen atoms in total. The van der Waals surface area contributed by atoms with Gasteiger partial charge in [-0.3, -0.25) is 4.79 Å². The van der Waals surface area contributed by atoms with E-state index < -0.39 is 0 Å². The summed E-state index contributed by atoms with van der Waals surface area (Å²) in [6.07, 6.45) is 1.92. The Morgan fingerprint density at radius 3 is 2.71 bits per heavy atom. The zero-order valence-corrected chi connectivity index (χ0v) is 18.1. The van der Waals surface area contributed by atoms with Gasteiger partial charge < -0.3 is 9.30 Å². The van der Waals surface area contributed by atoms with Crippen LogP contribution >= 0.6 is 11.3 Å². The number of para-hydroxylation sites is 2. The molecule has 0 bridgehead atoms. The van der Waals surface area contributed by atoms with Crippen LogP contribution in [0.2, 0.25) is 0 Å². The third-order valence-electron chi connectivity index (χ3n) is 5.43. The number of thiazole rings is 1. The Kier molecular flexibility index (Phi) is 4.48. The number of aryl methyl sites for hydroxylation is 1. The number of carbonyl (C=O) groups excluding carboxylic acids is 1. The lowest BCUT2D eigenvalue weighted by molar-refractivity contribution is 0.0600. The van der Waals surface area contributed by atoms with Crippen molar-refractivity contribution in [1.82, 2.24) is 14.0 Å². The molecule has 7 heteroatoms. The van der Waals surface area contributed by atoms with E-state index in [1.165, 1.54) is 18.4 Å². The molecule has 0 spiro atoms. The molecule has 0 amide bonds. The van der Waals surface area contributed by atoms with Crippen LogP contribution in [0, 0.1) is 13.8 Å². The number of hydrogen-bond acceptors (Lipinski definition) is 5. The number of imidazole rings is 1. The van der Waals surface area contributed by atoms with Crippen LogP contribution in [0.1, 0.15) is 27.3 Å². The molecule has 3 aromatic heterocycles. The number of rotatable bonds is 3. The van der Waals surface area contributed by atoms with Crippen LogP contribution in [-0.2, 0) is 4.74 Å². The number of carbonyl (C=O) groups is 1. The zero-order valence-electron chi connectivity index (χ0n) is 17.2. The molecular formula is C24H19N3O3S. The van der Waals surface area contributed by atoms with Crippen molar-refractivity contribution in [3.63, 3.8) is 0 Å². The van der Waals surface area contributed by atoms with E-state index in [2.05, 4.69) is 9.55 Å². The first-order valence-electron chi connectivity index (χ1n) is 9.77. The monoisotopic (exact) mass is 429 g/mol. The van der Waals surface area contributed by atoms with Crippen molar-refractivity contribution in [3.8, 4) is 5.69 Å². The second-order valence-corrected chi connectivity index (χ2v) is 8.35. The molecule has 0 saturated heterocycles. The average Bonchev–Trinajstić information content (AvgIpc) is 3.38. The van der Waals surface area contributed by atoms with E-state index in [1.807, 2.05) is 62.4 Å². The molecule has 0 radical (unpaired) electrons.